The van der Waals surface area contributed by atoms with Gasteiger partial charge in [0.25, 0.3) is 0 Å². The first-order valence-corrected chi connectivity index (χ1v) is 15.5. The molecule has 9 rings (SSSR count). The second-order valence-corrected chi connectivity index (χ2v) is 13.0. The first kappa shape index (κ1) is 24.8. The molecule has 3 heterocycles. The second-order valence-electron chi connectivity index (χ2n) is 13.0. The number of nitrogens with zero attached hydrogens (tertiary/aromatic N) is 3. The van der Waals surface area contributed by atoms with Crippen LogP contribution in [0, 0.1) is 11.8 Å². The zero-order valence-corrected chi connectivity index (χ0v) is 24.5. The summed E-state index contributed by atoms with van der Waals surface area (Å²) in [4.78, 5) is 11.8. The number of rotatable bonds is 3. The van der Waals surface area contributed by atoms with Gasteiger partial charge < -0.3 is 0 Å². The fourth-order valence-electron chi connectivity index (χ4n) is 7.94. The molecule has 5 aromatic rings. The molecule has 0 saturated heterocycles. The lowest BCUT2D eigenvalue weighted by atomic mass is 9.71. The van der Waals surface area contributed by atoms with Gasteiger partial charge in [-0.3, -0.25) is 4.90 Å². The largest absolute Gasteiger partial charge is 0.278 e. The Morgan fingerprint density at radius 2 is 1.58 bits per heavy atom. The highest BCUT2D eigenvalue weighted by molar-refractivity contribution is 5.88. The van der Waals surface area contributed by atoms with Crippen molar-refractivity contribution in [2.24, 2.45) is 11.8 Å². The van der Waals surface area contributed by atoms with Crippen LogP contribution in [0.3, 0.4) is 0 Å². The van der Waals surface area contributed by atoms with Crippen molar-refractivity contribution in [1.29, 1.82) is 0 Å². The zero-order valence-electron chi connectivity index (χ0n) is 24.5. The number of pyridine rings is 2. The van der Waals surface area contributed by atoms with Crippen molar-refractivity contribution >= 4 is 22.9 Å². The number of hydrogen-bond donors (Lipinski definition) is 0. The van der Waals surface area contributed by atoms with E-state index < -0.39 is 0 Å². The normalized spacial score (nSPS) is 22.2. The Labute approximate surface area is 253 Å². The van der Waals surface area contributed by atoms with Crippen LogP contribution < -0.4 is 4.90 Å². The molecule has 0 N–H and O–H groups in total. The Bertz CT molecular complexity index is 1970. The highest BCUT2D eigenvalue weighted by Crippen LogP contribution is 2.58. The van der Waals surface area contributed by atoms with Crippen LogP contribution in [0.15, 0.2) is 127 Å². The van der Waals surface area contributed by atoms with Crippen LogP contribution in [0.1, 0.15) is 54.0 Å². The Kier molecular flexibility index (Phi) is 5.26. The van der Waals surface area contributed by atoms with Gasteiger partial charge in [0.1, 0.15) is 11.6 Å². The molecule has 0 bridgehead atoms. The second kappa shape index (κ2) is 9.12. The number of hydrogen-bond acceptors (Lipinski definition) is 3. The molecule has 3 aromatic carbocycles. The van der Waals surface area contributed by atoms with Crippen LogP contribution in [0.5, 0.6) is 0 Å². The standard InChI is InChI=1S/C40H33N3/c1-40(2)34-11-8-20-42-39(34)43(37-12-6-7-19-41-37)36-18-16-27(24-35(36)40)26-13-14-28-22-32(25-9-4-3-5-10-25)38-30(31(28)21-26)17-15-29-23-33(29)38/h3-21,24,29,32-33H,22-23H2,1-2H3. The summed E-state index contributed by atoms with van der Waals surface area (Å²) in [6, 6.07) is 35.6. The maximum atomic E-state index is 4.85. The first-order chi connectivity index (χ1) is 21.1. The minimum Gasteiger partial charge on any atom is -0.278 e. The molecule has 0 amide bonds. The number of benzene rings is 3. The Hall–Kier alpha value is -4.76. The minimum atomic E-state index is -0.208. The zero-order chi connectivity index (χ0) is 28.7. The molecule has 3 aliphatic carbocycles. The van der Waals surface area contributed by atoms with Gasteiger partial charge in [-0.05, 0) is 100 Å². The molecule has 2 aromatic heterocycles. The van der Waals surface area contributed by atoms with E-state index in [-0.39, 0.29) is 5.41 Å². The van der Waals surface area contributed by atoms with Crippen molar-refractivity contribution in [3.63, 3.8) is 0 Å². The van der Waals surface area contributed by atoms with Gasteiger partial charge in [-0.15, -0.1) is 0 Å². The summed E-state index contributed by atoms with van der Waals surface area (Å²) in [5.74, 6) is 3.76. The van der Waals surface area contributed by atoms with E-state index >= 15 is 0 Å². The summed E-state index contributed by atoms with van der Waals surface area (Å²) in [6.45, 7) is 4.64. The molecular formula is C40H33N3. The molecule has 3 atom stereocenters. The molecule has 0 radical (unpaired) electrons. The molecule has 208 valence electrons. The highest BCUT2D eigenvalue weighted by Gasteiger charge is 2.46. The van der Waals surface area contributed by atoms with E-state index in [1.807, 2.05) is 30.6 Å². The molecule has 1 fully saturated rings. The number of fused-ring (bicyclic) bond motifs is 6. The molecule has 43 heavy (non-hydrogen) atoms. The Morgan fingerprint density at radius 1 is 0.767 bits per heavy atom. The average molecular weight is 556 g/mol. The summed E-state index contributed by atoms with van der Waals surface area (Å²) in [5, 5.41) is 0. The lowest BCUT2D eigenvalue weighted by Gasteiger charge is -2.40. The molecule has 3 nitrogen and oxygen atoms in total. The van der Waals surface area contributed by atoms with Crippen LogP contribution in [0.25, 0.3) is 16.7 Å². The monoisotopic (exact) mass is 555 g/mol. The third-order valence-corrected chi connectivity index (χ3v) is 10.3. The van der Waals surface area contributed by atoms with Crippen LogP contribution in [0.2, 0.25) is 0 Å². The molecule has 4 aliphatic rings. The van der Waals surface area contributed by atoms with Crippen LogP contribution in [-0.2, 0) is 11.8 Å². The Morgan fingerprint density at radius 3 is 2.44 bits per heavy atom. The van der Waals surface area contributed by atoms with E-state index in [0.29, 0.717) is 11.8 Å². The number of aromatic nitrogens is 2. The topological polar surface area (TPSA) is 29.0 Å². The molecule has 3 heteroatoms. The molecule has 1 saturated carbocycles. The van der Waals surface area contributed by atoms with E-state index in [4.69, 9.17) is 9.97 Å². The van der Waals surface area contributed by atoms with Crippen LogP contribution in [-0.4, -0.2) is 9.97 Å². The SMILES string of the molecule is CC1(C)c2cc(-c3ccc4c(c3)C3=C(C(c5ccccc5)C4)C4CC4C=C3)ccc2N(c2ccccn2)c2ncccc21. The smallest absolute Gasteiger partial charge is 0.142 e. The lowest BCUT2D eigenvalue weighted by molar-refractivity contribution is 0.627. The van der Waals surface area contributed by atoms with E-state index in [1.54, 1.807) is 5.57 Å². The maximum absolute atomic E-state index is 4.85. The summed E-state index contributed by atoms with van der Waals surface area (Å²) >= 11 is 0. The van der Waals surface area contributed by atoms with E-state index in [0.717, 1.165) is 29.7 Å². The molecular weight excluding hydrogens is 522 g/mol. The fraction of sp³-hybridized carbons (Fsp3) is 0.200. The van der Waals surface area contributed by atoms with Crippen molar-refractivity contribution in [1.82, 2.24) is 9.97 Å². The predicted molar refractivity (Wildman–Crippen MR) is 175 cm³/mol. The number of anilines is 3. The van der Waals surface area contributed by atoms with Crippen LogP contribution >= 0.6 is 0 Å². The molecule has 1 aliphatic heterocycles. The fourth-order valence-corrected chi connectivity index (χ4v) is 7.94. The van der Waals surface area contributed by atoms with Crippen LogP contribution in [0.4, 0.5) is 17.3 Å². The molecule has 3 unspecified atom stereocenters. The maximum Gasteiger partial charge on any atom is 0.142 e. The molecule has 0 spiro atoms. The Balaban J connectivity index is 1.18. The summed E-state index contributed by atoms with van der Waals surface area (Å²) < 4.78 is 0. The quantitative estimate of drug-likeness (QED) is 0.222. The predicted octanol–water partition coefficient (Wildman–Crippen LogP) is 9.55. The average Bonchev–Trinajstić information content (AvgIpc) is 3.86. The van der Waals surface area contributed by atoms with Gasteiger partial charge in [0, 0.05) is 29.3 Å². The third kappa shape index (κ3) is 3.74. The van der Waals surface area contributed by atoms with Gasteiger partial charge in [-0.2, -0.15) is 0 Å². The first-order valence-electron chi connectivity index (χ1n) is 15.5. The van der Waals surface area contributed by atoms with Gasteiger partial charge in [0.05, 0.1) is 5.69 Å². The minimum absolute atomic E-state index is 0.208. The van der Waals surface area contributed by atoms with Gasteiger partial charge in [-0.25, -0.2) is 9.97 Å². The van der Waals surface area contributed by atoms with Crippen molar-refractivity contribution in [3.05, 3.63) is 155 Å². The summed E-state index contributed by atoms with van der Waals surface area (Å²) in [5.41, 5.74) is 13.4. The van der Waals surface area contributed by atoms with Crippen molar-refractivity contribution < 1.29 is 0 Å². The van der Waals surface area contributed by atoms with Crippen molar-refractivity contribution in [2.75, 3.05) is 4.90 Å². The van der Waals surface area contributed by atoms with Gasteiger partial charge in [-0.1, -0.05) is 92.2 Å². The van der Waals surface area contributed by atoms with Gasteiger partial charge in [0.15, 0.2) is 0 Å². The summed E-state index contributed by atoms with van der Waals surface area (Å²) in [6.07, 6.45) is 11.0. The third-order valence-electron chi connectivity index (χ3n) is 10.3. The van der Waals surface area contributed by atoms with Gasteiger partial charge in [0.2, 0.25) is 0 Å². The van der Waals surface area contributed by atoms with E-state index in [9.17, 15) is 0 Å². The lowest BCUT2D eigenvalue weighted by Crippen LogP contribution is -2.31. The highest BCUT2D eigenvalue weighted by atomic mass is 15.2. The van der Waals surface area contributed by atoms with E-state index in [1.165, 1.54) is 50.9 Å². The van der Waals surface area contributed by atoms with Gasteiger partial charge >= 0.3 is 0 Å². The van der Waals surface area contributed by atoms with Crippen molar-refractivity contribution in [3.8, 4) is 11.1 Å². The summed E-state index contributed by atoms with van der Waals surface area (Å²) in [7, 11) is 0. The number of allylic oxidation sites excluding steroid dienone is 4. The van der Waals surface area contributed by atoms with Crippen molar-refractivity contribution in [2.45, 2.75) is 38.0 Å². The van der Waals surface area contributed by atoms with E-state index in [2.05, 4.69) is 110 Å².